The van der Waals surface area contributed by atoms with Gasteiger partial charge >= 0.3 is 6.03 Å². The van der Waals surface area contributed by atoms with E-state index in [1.807, 2.05) is 18.2 Å². The van der Waals surface area contributed by atoms with Crippen molar-refractivity contribution >= 4 is 23.4 Å². The van der Waals surface area contributed by atoms with Crippen molar-refractivity contribution in [2.45, 2.75) is 0 Å². The highest BCUT2D eigenvalue weighted by molar-refractivity contribution is 5.94. The Morgan fingerprint density at radius 2 is 1.93 bits per heavy atom. The quantitative estimate of drug-likeness (QED) is 0.813. The Balaban J connectivity index is 1.41. The van der Waals surface area contributed by atoms with E-state index in [2.05, 4.69) is 25.5 Å². The van der Waals surface area contributed by atoms with Crippen LogP contribution in [0.3, 0.4) is 0 Å². The molecule has 142 valence electrons. The fraction of sp³-hybridized carbons (Fsp3) is 0.333. The Kier molecular flexibility index (Phi) is 6.03. The van der Waals surface area contributed by atoms with Crippen molar-refractivity contribution in [1.82, 2.24) is 20.2 Å². The Morgan fingerprint density at radius 3 is 2.56 bits per heavy atom. The highest BCUT2D eigenvalue weighted by Gasteiger charge is 2.22. The zero-order valence-corrected chi connectivity index (χ0v) is 15.1. The van der Waals surface area contributed by atoms with Crippen LogP contribution in [0.4, 0.5) is 16.3 Å². The first-order valence-electron chi connectivity index (χ1n) is 8.64. The molecule has 1 aliphatic rings. The molecule has 2 aromatic rings. The van der Waals surface area contributed by atoms with E-state index in [-0.39, 0.29) is 18.5 Å². The van der Waals surface area contributed by atoms with E-state index in [0.717, 1.165) is 5.82 Å². The number of methoxy groups -OCH3 is 1. The van der Waals surface area contributed by atoms with Gasteiger partial charge in [0.15, 0.2) is 0 Å². The summed E-state index contributed by atoms with van der Waals surface area (Å²) >= 11 is 0. The van der Waals surface area contributed by atoms with Crippen molar-refractivity contribution in [2.24, 2.45) is 0 Å². The minimum Gasteiger partial charge on any atom is -0.481 e. The Hall–Kier alpha value is -3.36. The van der Waals surface area contributed by atoms with Crippen LogP contribution in [0.1, 0.15) is 0 Å². The molecule has 3 heterocycles. The molecular weight excluding hydrogens is 348 g/mol. The molecule has 9 nitrogen and oxygen atoms in total. The van der Waals surface area contributed by atoms with Crippen molar-refractivity contribution in [3.8, 4) is 5.88 Å². The first-order valence-corrected chi connectivity index (χ1v) is 8.64. The molecule has 27 heavy (non-hydrogen) atoms. The average molecular weight is 370 g/mol. The second-order valence-corrected chi connectivity index (χ2v) is 5.96. The minimum absolute atomic E-state index is 0.106. The normalized spacial score (nSPS) is 13.8. The zero-order valence-electron chi connectivity index (χ0n) is 15.1. The first kappa shape index (κ1) is 18.4. The second kappa shape index (κ2) is 8.84. The van der Waals surface area contributed by atoms with Crippen LogP contribution in [0.2, 0.25) is 0 Å². The molecule has 1 fully saturated rings. The lowest BCUT2D eigenvalue weighted by molar-refractivity contribution is -0.115. The fourth-order valence-electron chi connectivity index (χ4n) is 2.73. The Bertz CT molecular complexity index is 760. The summed E-state index contributed by atoms with van der Waals surface area (Å²) in [6, 6.07) is 8.85. The standard InChI is InChI=1S/C18H22N6O3/c1-27-17-6-5-14(12-20-17)22-16(25)13-21-18(26)24-10-8-23(9-11-24)15-4-2-3-7-19-15/h2-7,12H,8-11,13H2,1H3,(H,21,26)(H,22,25). The predicted octanol–water partition coefficient (Wildman–Crippen LogP) is 0.955. The number of pyridine rings is 2. The number of nitrogens with zero attached hydrogens (tertiary/aromatic N) is 4. The SMILES string of the molecule is COc1ccc(NC(=O)CNC(=O)N2CCN(c3ccccn3)CC2)cn1. The number of amides is 3. The van der Waals surface area contributed by atoms with Crippen molar-refractivity contribution in [1.29, 1.82) is 0 Å². The first-order chi connectivity index (χ1) is 13.2. The molecule has 1 saturated heterocycles. The van der Waals surface area contributed by atoms with E-state index < -0.39 is 0 Å². The van der Waals surface area contributed by atoms with E-state index in [9.17, 15) is 9.59 Å². The second-order valence-electron chi connectivity index (χ2n) is 5.96. The lowest BCUT2D eigenvalue weighted by Crippen LogP contribution is -2.52. The molecule has 0 aliphatic carbocycles. The molecule has 9 heteroatoms. The van der Waals surface area contributed by atoms with E-state index in [4.69, 9.17) is 4.74 Å². The highest BCUT2D eigenvalue weighted by atomic mass is 16.5. The monoisotopic (exact) mass is 370 g/mol. The van der Waals surface area contributed by atoms with Crippen molar-refractivity contribution in [3.05, 3.63) is 42.7 Å². The molecule has 3 rings (SSSR count). The van der Waals surface area contributed by atoms with Gasteiger partial charge in [-0.15, -0.1) is 0 Å². The summed E-state index contributed by atoms with van der Waals surface area (Å²) in [5, 5.41) is 5.32. The Labute approximate surface area is 157 Å². The number of rotatable bonds is 5. The van der Waals surface area contributed by atoms with Gasteiger partial charge in [-0.1, -0.05) is 6.07 Å². The number of carbonyl (C=O) groups excluding carboxylic acids is 2. The van der Waals surface area contributed by atoms with Crippen LogP contribution in [0.5, 0.6) is 5.88 Å². The van der Waals surface area contributed by atoms with Crippen LogP contribution < -0.4 is 20.3 Å². The van der Waals surface area contributed by atoms with Gasteiger partial charge in [-0.25, -0.2) is 14.8 Å². The molecule has 2 N–H and O–H groups in total. The molecule has 0 spiro atoms. The van der Waals surface area contributed by atoms with Gasteiger partial charge in [-0.3, -0.25) is 4.79 Å². The maximum Gasteiger partial charge on any atom is 0.317 e. The maximum absolute atomic E-state index is 12.3. The third-order valence-corrected chi connectivity index (χ3v) is 4.17. The number of piperazine rings is 1. The number of hydrogen-bond acceptors (Lipinski definition) is 6. The van der Waals surface area contributed by atoms with Crippen LogP contribution in [0.25, 0.3) is 0 Å². The Morgan fingerprint density at radius 1 is 1.11 bits per heavy atom. The predicted molar refractivity (Wildman–Crippen MR) is 101 cm³/mol. The summed E-state index contributed by atoms with van der Waals surface area (Å²) in [5.41, 5.74) is 0.541. The molecular formula is C18H22N6O3. The summed E-state index contributed by atoms with van der Waals surface area (Å²) in [6.07, 6.45) is 3.25. The van der Waals surface area contributed by atoms with Crippen molar-refractivity contribution in [2.75, 3.05) is 50.1 Å². The molecule has 1 aliphatic heterocycles. The molecule has 2 aromatic heterocycles. The number of urea groups is 1. The van der Waals surface area contributed by atoms with E-state index >= 15 is 0 Å². The molecule has 0 unspecified atom stereocenters. The third-order valence-electron chi connectivity index (χ3n) is 4.17. The number of ether oxygens (including phenoxy) is 1. The molecule has 0 radical (unpaired) electrons. The molecule has 0 atom stereocenters. The van der Waals surface area contributed by atoms with Gasteiger partial charge < -0.3 is 25.2 Å². The zero-order chi connectivity index (χ0) is 19.1. The summed E-state index contributed by atoms with van der Waals surface area (Å²) in [6.45, 7) is 2.45. The van der Waals surface area contributed by atoms with E-state index in [1.165, 1.54) is 13.3 Å². The largest absolute Gasteiger partial charge is 0.481 e. The lowest BCUT2D eigenvalue weighted by atomic mass is 10.3. The highest BCUT2D eigenvalue weighted by Crippen LogP contribution is 2.13. The van der Waals surface area contributed by atoms with Crippen LogP contribution in [-0.2, 0) is 4.79 Å². The van der Waals surface area contributed by atoms with Crippen LogP contribution in [0.15, 0.2) is 42.7 Å². The number of carbonyl (C=O) groups is 2. The fourth-order valence-corrected chi connectivity index (χ4v) is 2.73. The van der Waals surface area contributed by atoms with Crippen LogP contribution >= 0.6 is 0 Å². The van der Waals surface area contributed by atoms with Crippen LogP contribution in [0, 0.1) is 0 Å². The summed E-state index contributed by atoms with van der Waals surface area (Å²) in [5.74, 6) is 1.05. The summed E-state index contributed by atoms with van der Waals surface area (Å²) < 4.78 is 4.96. The third kappa shape index (κ3) is 5.06. The topological polar surface area (TPSA) is 99.7 Å². The maximum atomic E-state index is 12.3. The van der Waals surface area contributed by atoms with Gasteiger partial charge in [0.05, 0.1) is 25.5 Å². The van der Waals surface area contributed by atoms with Gasteiger partial charge in [-0.05, 0) is 18.2 Å². The smallest absolute Gasteiger partial charge is 0.317 e. The average Bonchev–Trinajstić information content (AvgIpc) is 2.73. The van der Waals surface area contributed by atoms with Crippen molar-refractivity contribution < 1.29 is 14.3 Å². The molecule has 0 bridgehead atoms. The van der Waals surface area contributed by atoms with Crippen LogP contribution in [-0.4, -0.2) is 66.6 Å². The minimum atomic E-state index is -0.317. The van der Waals surface area contributed by atoms with Gasteiger partial charge in [0.1, 0.15) is 5.82 Å². The number of aromatic nitrogens is 2. The van der Waals surface area contributed by atoms with Gasteiger partial charge in [0.25, 0.3) is 0 Å². The lowest BCUT2D eigenvalue weighted by Gasteiger charge is -2.35. The molecule has 0 saturated carbocycles. The number of nitrogens with one attached hydrogen (secondary N) is 2. The summed E-state index contributed by atoms with van der Waals surface area (Å²) in [4.78, 5) is 36.4. The van der Waals surface area contributed by atoms with Gasteiger partial charge in [0.2, 0.25) is 11.8 Å². The van der Waals surface area contributed by atoms with E-state index in [0.29, 0.717) is 37.7 Å². The van der Waals surface area contributed by atoms with Crippen molar-refractivity contribution in [3.63, 3.8) is 0 Å². The van der Waals surface area contributed by atoms with Gasteiger partial charge in [-0.2, -0.15) is 0 Å². The number of hydrogen-bond donors (Lipinski definition) is 2. The van der Waals surface area contributed by atoms with Gasteiger partial charge in [0, 0.05) is 38.4 Å². The number of anilines is 2. The van der Waals surface area contributed by atoms with E-state index in [1.54, 1.807) is 23.2 Å². The molecule has 0 aromatic carbocycles. The summed E-state index contributed by atoms with van der Waals surface area (Å²) in [7, 11) is 1.52. The molecule has 3 amide bonds.